The predicted octanol–water partition coefficient (Wildman–Crippen LogP) is 3.80. The molecule has 6 nitrogen and oxygen atoms in total. The Morgan fingerprint density at radius 3 is 2.46 bits per heavy atom. The van der Waals surface area contributed by atoms with Crippen LogP contribution in [0.2, 0.25) is 0 Å². The number of ether oxygens (including phenoxy) is 2. The summed E-state index contributed by atoms with van der Waals surface area (Å²) in [7, 11) is 0. The first-order chi connectivity index (χ1) is 13.6. The van der Waals surface area contributed by atoms with Gasteiger partial charge in [0.05, 0.1) is 25.1 Å². The van der Waals surface area contributed by atoms with Gasteiger partial charge in [0.2, 0.25) is 0 Å². The lowest BCUT2D eigenvalue weighted by Crippen LogP contribution is -2.45. The van der Waals surface area contributed by atoms with Gasteiger partial charge in [0, 0.05) is 31.6 Å². The normalized spacial score (nSPS) is 18.6. The number of amides is 1. The number of benzene rings is 1. The molecule has 2 aromatic rings. The van der Waals surface area contributed by atoms with Crippen molar-refractivity contribution >= 4 is 17.3 Å². The van der Waals surface area contributed by atoms with E-state index in [1.54, 1.807) is 12.3 Å². The van der Waals surface area contributed by atoms with Crippen LogP contribution in [0.1, 0.15) is 48.7 Å². The quantitative estimate of drug-likeness (QED) is 0.873. The molecular weight excluding hydrogens is 354 g/mol. The Morgan fingerprint density at radius 1 is 1.11 bits per heavy atom. The van der Waals surface area contributed by atoms with Gasteiger partial charge >= 0.3 is 0 Å². The number of nitrogens with one attached hydrogen (secondary N) is 1. The Balaban J connectivity index is 1.40. The Hall–Kier alpha value is -2.44. The summed E-state index contributed by atoms with van der Waals surface area (Å²) < 4.78 is 11.6. The average Bonchev–Trinajstić information content (AvgIpc) is 3.17. The molecule has 2 aliphatic rings. The summed E-state index contributed by atoms with van der Waals surface area (Å²) in [5.74, 6) is -0.236. The van der Waals surface area contributed by atoms with Crippen molar-refractivity contribution in [3.63, 3.8) is 0 Å². The van der Waals surface area contributed by atoms with Crippen LogP contribution in [0, 0.1) is 0 Å². The molecule has 148 valence electrons. The minimum absolute atomic E-state index is 0.190. The van der Waals surface area contributed by atoms with Crippen molar-refractivity contribution in [3.8, 4) is 0 Å². The van der Waals surface area contributed by atoms with Crippen LogP contribution in [-0.4, -0.2) is 43.0 Å². The molecule has 28 heavy (non-hydrogen) atoms. The number of carbonyl (C=O) groups is 1. The van der Waals surface area contributed by atoms with Crippen LogP contribution in [0.3, 0.4) is 0 Å². The molecule has 3 heterocycles. The second-order valence-corrected chi connectivity index (χ2v) is 7.69. The monoisotopic (exact) mass is 381 g/mol. The molecule has 6 heteroatoms. The molecule has 1 amide bonds. The number of piperidine rings is 1. The number of anilines is 2. The number of para-hydroxylation sites is 1. The fourth-order valence-electron chi connectivity index (χ4n) is 3.90. The topological polar surface area (TPSA) is 63.7 Å². The fourth-order valence-corrected chi connectivity index (χ4v) is 3.90. The minimum atomic E-state index is -0.381. The highest BCUT2D eigenvalue weighted by molar-refractivity contribution is 6.03. The van der Waals surface area contributed by atoms with E-state index in [1.807, 2.05) is 30.3 Å². The second kappa shape index (κ2) is 7.89. The number of nitrogens with zero attached hydrogens (tertiary/aromatic N) is 2. The largest absolute Gasteiger partial charge is 0.370 e. The van der Waals surface area contributed by atoms with Crippen molar-refractivity contribution in [2.24, 2.45) is 0 Å². The molecule has 4 rings (SSSR count). The summed E-state index contributed by atoms with van der Waals surface area (Å²) in [5, 5.41) is 2.99. The van der Waals surface area contributed by atoms with E-state index < -0.39 is 0 Å². The van der Waals surface area contributed by atoms with Crippen molar-refractivity contribution in [1.82, 2.24) is 4.98 Å². The van der Waals surface area contributed by atoms with E-state index in [4.69, 9.17) is 9.47 Å². The standard InChI is InChI=1S/C22H27N3O3/c1-16(2)18-5-3-4-6-19(18)24-21(26)20-8-7-17(15-23-20)25-11-9-22(10-12-25)27-13-14-28-22/h3-8,15-16H,9-14H2,1-2H3,(H,24,26). The van der Waals surface area contributed by atoms with E-state index >= 15 is 0 Å². The van der Waals surface area contributed by atoms with Crippen LogP contribution in [0.4, 0.5) is 11.4 Å². The van der Waals surface area contributed by atoms with Gasteiger partial charge in [-0.05, 0) is 29.7 Å². The highest BCUT2D eigenvalue weighted by Crippen LogP contribution is 2.33. The maximum atomic E-state index is 12.6. The smallest absolute Gasteiger partial charge is 0.274 e. The van der Waals surface area contributed by atoms with Gasteiger partial charge in [-0.3, -0.25) is 4.79 Å². The number of hydrogen-bond acceptors (Lipinski definition) is 5. The van der Waals surface area contributed by atoms with E-state index in [1.165, 1.54) is 0 Å². The summed E-state index contributed by atoms with van der Waals surface area (Å²) in [5.41, 5.74) is 3.39. The van der Waals surface area contributed by atoms with Gasteiger partial charge in [-0.2, -0.15) is 0 Å². The Kier molecular flexibility index (Phi) is 5.33. The Morgan fingerprint density at radius 2 is 1.82 bits per heavy atom. The summed E-state index contributed by atoms with van der Waals surface area (Å²) >= 11 is 0. The van der Waals surface area contributed by atoms with Crippen molar-refractivity contribution in [2.45, 2.75) is 38.4 Å². The van der Waals surface area contributed by atoms with Crippen molar-refractivity contribution in [3.05, 3.63) is 53.9 Å². The molecule has 0 aliphatic carbocycles. The number of carbonyl (C=O) groups excluding carboxylic acids is 1. The van der Waals surface area contributed by atoms with Crippen LogP contribution in [0.25, 0.3) is 0 Å². The van der Waals surface area contributed by atoms with Crippen LogP contribution < -0.4 is 10.2 Å². The molecule has 1 N–H and O–H groups in total. The molecule has 1 spiro atoms. The molecule has 0 unspecified atom stereocenters. The first kappa shape index (κ1) is 18.9. The molecule has 0 atom stereocenters. The lowest BCUT2D eigenvalue weighted by molar-refractivity contribution is -0.169. The molecule has 0 saturated carbocycles. The molecule has 1 aromatic heterocycles. The summed E-state index contributed by atoms with van der Waals surface area (Å²) in [6, 6.07) is 11.6. The highest BCUT2D eigenvalue weighted by Gasteiger charge is 2.39. The number of aromatic nitrogens is 1. The van der Waals surface area contributed by atoms with Crippen LogP contribution >= 0.6 is 0 Å². The summed E-state index contributed by atoms with van der Waals surface area (Å²) in [6.45, 7) is 7.31. The average molecular weight is 381 g/mol. The lowest BCUT2D eigenvalue weighted by Gasteiger charge is -2.38. The van der Waals surface area contributed by atoms with Gasteiger partial charge in [0.1, 0.15) is 5.69 Å². The maximum absolute atomic E-state index is 12.6. The third-order valence-electron chi connectivity index (χ3n) is 5.52. The van der Waals surface area contributed by atoms with Crippen LogP contribution in [0.5, 0.6) is 0 Å². The van der Waals surface area contributed by atoms with Gasteiger partial charge in [-0.25, -0.2) is 4.98 Å². The zero-order valence-corrected chi connectivity index (χ0v) is 16.5. The van der Waals surface area contributed by atoms with E-state index in [9.17, 15) is 4.79 Å². The zero-order chi connectivity index (χ0) is 19.6. The molecule has 1 aromatic carbocycles. The maximum Gasteiger partial charge on any atom is 0.274 e. The van der Waals surface area contributed by atoms with E-state index in [-0.39, 0.29) is 11.7 Å². The summed E-state index contributed by atoms with van der Waals surface area (Å²) in [4.78, 5) is 19.3. The third kappa shape index (κ3) is 3.88. The van der Waals surface area contributed by atoms with Gasteiger partial charge in [0.15, 0.2) is 5.79 Å². The highest BCUT2D eigenvalue weighted by atomic mass is 16.7. The van der Waals surface area contributed by atoms with Crippen molar-refractivity contribution in [1.29, 1.82) is 0 Å². The second-order valence-electron chi connectivity index (χ2n) is 7.69. The van der Waals surface area contributed by atoms with Gasteiger partial charge < -0.3 is 19.7 Å². The molecule has 2 fully saturated rings. The van der Waals surface area contributed by atoms with Gasteiger partial charge in [-0.15, -0.1) is 0 Å². The molecular formula is C22H27N3O3. The van der Waals surface area contributed by atoms with Gasteiger partial charge in [0.25, 0.3) is 5.91 Å². The SMILES string of the molecule is CC(C)c1ccccc1NC(=O)c1ccc(N2CCC3(CC2)OCCO3)cn1. The minimum Gasteiger partial charge on any atom is -0.370 e. The Bertz CT molecular complexity index is 819. The zero-order valence-electron chi connectivity index (χ0n) is 16.5. The molecule has 2 saturated heterocycles. The first-order valence-electron chi connectivity index (χ1n) is 9.95. The van der Waals surface area contributed by atoms with Crippen molar-refractivity contribution < 1.29 is 14.3 Å². The number of hydrogen-bond donors (Lipinski definition) is 1. The van der Waals surface area contributed by atoms with Gasteiger partial charge in [-0.1, -0.05) is 32.0 Å². The fraction of sp³-hybridized carbons (Fsp3) is 0.455. The number of pyridine rings is 1. The van der Waals surface area contributed by atoms with E-state index in [0.29, 0.717) is 24.8 Å². The lowest BCUT2D eigenvalue weighted by atomic mass is 10.0. The Labute approximate surface area is 165 Å². The summed E-state index contributed by atoms with van der Waals surface area (Å²) in [6.07, 6.45) is 3.47. The van der Waals surface area contributed by atoms with Crippen LogP contribution in [-0.2, 0) is 9.47 Å². The first-order valence-corrected chi connectivity index (χ1v) is 9.95. The van der Waals surface area contributed by atoms with Crippen LogP contribution in [0.15, 0.2) is 42.6 Å². The molecule has 2 aliphatic heterocycles. The number of rotatable bonds is 4. The van der Waals surface area contributed by atoms with Crippen molar-refractivity contribution in [2.75, 3.05) is 36.5 Å². The van der Waals surface area contributed by atoms with E-state index in [2.05, 4.69) is 29.0 Å². The molecule has 0 bridgehead atoms. The third-order valence-corrected chi connectivity index (χ3v) is 5.52. The predicted molar refractivity (Wildman–Crippen MR) is 109 cm³/mol. The molecule has 0 radical (unpaired) electrons. The van der Waals surface area contributed by atoms with E-state index in [0.717, 1.165) is 42.9 Å².